The van der Waals surface area contributed by atoms with Gasteiger partial charge in [-0.3, -0.25) is 0 Å². The summed E-state index contributed by atoms with van der Waals surface area (Å²) in [5.41, 5.74) is 14.9. The maximum absolute atomic E-state index is 5.85. The summed E-state index contributed by atoms with van der Waals surface area (Å²) < 4.78 is 23.4. The molecule has 0 unspecified atom stereocenters. The second-order valence-corrected chi connectivity index (χ2v) is 14.3. The van der Waals surface area contributed by atoms with Crippen LogP contribution in [-0.4, -0.2) is 46.4 Å². The molecule has 0 fully saturated rings. The quantitative estimate of drug-likeness (QED) is 0.128. The second-order valence-electron chi connectivity index (χ2n) is 14.3. The van der Waals surface area contributed by atoms with Gasteiger partial charge in [0.2, 0.25) is 0 Å². The number of H-pyrrole nitrogens is 2. The molecule has 60 heavy (non-hydrogen) atoms. The van der Waals surface area contributed by atoms with Crippen LogP contribution in [-0.2, 0) is 0 Å². The van der Waals surface area contributed by atoms with Crippen molar-refractivity contribution >= 4 is 46.4 Å². The first-order valence-corrected chi connectivity index (χ1v) is 20.6. The maximum atomic E-state index is 5.85. The van der Waals surface area contributed by atoms with Crippen LogP contribution in [0, 0.1) is 0 Å². The highest BCUT2D eigenvalue weighted by Gasteiger charge is 2.20. The Morgan fingerprint density at radius 1 is 0.317 bits per heavy atom. The van der Waals surface area contributed by atoms with E-state index in [1.165, 1.54) is 0 Å². The third-order valence-electron chi connectivity index (χ3n) is 10.6. The average Bonchev–Trinajstić information content (AvgIpc) is 4.12. The monoisotopic (exact) mass is 790 g/mol. The summed E-state index contributed by atoms with van der Waals surface area (Å²) in [5.74, 6) is 3.27. The molecular formula is C52H46N4O4. The molecule has 8 bridgehead atoms. The van der Waals surface area contributed by atoms with Crippen LogP contribution in [0.4, 0.5) is 0 Å². The predicted molar refractivity (Wildman–Crippen MR) is 245 cm³/mol. The minimum Gasteiger partial charge on any atom is -0.494 e. The van der Waals surface area contributed by atoms with E-state index in [4.69, 9.17) is 28.9 Å². The van der Waals surface area contributed by atoms with E-state index < -0.39 is 0 Å². The number of ether oxygens (including phenoxy) is 4. The third kappa shape index (κ3) is 7.55. The summed E-state index contributed by atoms with van der Waals surface area (Å²) in [6.45, 7) is 10.3. The Bertz CT molecular complexity index is 2740. The van der Waals surface area contributed by atoms with Gasteiger partial charge < -0.3 is 28.9 Å². The van der Waals surface area contributed by atoms with Crippen molar-refractivity contribution in [1.29, 1.82) is 0 Å². The average molecular weight is 791 g/mol. The smallest absolute Gasteiger partial charge is 0.119 e. The molecule has 0 spiro atoms. The number of aromatic amines is 2. The molecule has 0 atom stereocenters. The van der Waals surface area contributed by atoms with E-state index in [-0.39, 0.29) is 0 Å². The van der Waals surface area contributed by atoms with E-state index in [9.17, 15) is 0 Å². The highest BCUT2D eigenvalue weighted by atomic mass is 16.5. The first kappa shape index (κ1) is 38.2. The van der Waals surface area contributed by atoms with Crippen LogP contribution in [0.3, 0.4) is 0 Å². The first-order chi connectivity index (χ1) is 29.5. The molecule has 3 aromatic heterocycles. The number of aromatic nitrogens is 4. The number of rotatable bonds is 12. The summed E-state index contributed by atoms with van der Waals surface area (Å²) >= 11 is 0. The number of hydrogen-bond donors (Lipinski definition) is 2. The van der Waals surface area contributed by atoms with E-state index in [0.717, 1.165) is 112 Å². The third-order valence-corrected chi connectivity index (χ3v) is 10.6. The van der Waals surface area contributed by atoms with Gasteiger partial charge >= 0.3 is 0 Å². The van der Waals surface area contributed by atoms with Crippen molar-refractivity contribution in [2.24, 2.45) is 0 Å². The first-order valence-electron chi connectivity index (χ1n) is 20.6. The lowest BCUT2D eigenvalue weighted by atomic mass is 10.0. The largest absolute Gasteiger partial charge is 0.494 e. The highest BCUT2D eigenvalue weighted by Crippen LogP contribution is 2.39. The molecule has 0 saturated carbocycles. The van der Waals surface area contributed by atoms with Crippen molar-refractivity contribution in [3.05, 3.63) is 144 Å². The Labute approximate surface area is 349 Å². The molecule has 8 nitrogen and oxygen atoms in total. The molecule has 2 N–H and O–H groups in total. The van der Waals surface area contributed by atoms with E-state index in [1.54, 1.807) is 0 Å². The van der Waals surface area contributed by atoms with Crippen molar-refractivity contribution in [3.63, 3.8) is 0 Å². The fraction of sp³-hybridized carbons (Fsp3) is 0.154. The molecule has 4 aromatic carbocycles. The Morgan fingerprint density at radius 3 is 0.867 bits per heavy atom. The highest BCUT2D eigenvalue weighted by molar-refractivity contribution is 6.00. The second kappa shape index (κ2) is 16.9. The molecule has 2 aliphatic heterocycles. The Morgan fingerprint density at radius 2 is 0.567 bits per heavy atom. The van der Waals surface area contributed by atoms with Gasteiger partial charge in [-0.05, 0) is 147 Å². The van der Waals surface area contributed by atoms with Crippen LogP contribution in [0.5, 0.6) is 23.0 Å². The Balaban J connectivity index is 1.40. The molecule has 0 amide bonds. The van der Waals surface area contributed by atoms with Gasteiger partial charge in [0, 0.05) is 44.3 Å². The lowest BCUT2D eigenvalue weighted by Crippen LogP contribution is -1.93. The summed E-state index contributed by atoms with van der Waals surface area (Å²) in [6, 6.07) is 41.5. The van der Waals surface area contributed by atoms with E-state index in [0.29, 0.717) is 26.4 Å². The predicted octanol–water partition coefficient (Wildman–Crippen LogP) is 12.9. The molecule has 0 saturated heterocycles. The standard InChI is InChI=1S/C52H46N4O4/c1-5-57-37-17-9-33(10-18-37)49-41-25-27-43(53-41)50(34-11-19-38(20-12-34)58-6-2)45-29-31-47(55-45)52(36-15-23-40(24-16-36)60-8-4)48-32-30-46(56-48)51(44-28-26-42(49)54-44)35-13-21-39(22-14-35)59-7-3/h9-32,53-54H,5-8H2,1-4H3. The summed E-state index contributed by atoms with van der Waals surface area (Å²) in [6.07, 6.45) is 8.39. The number of nitrogens with zero attached hydrogens (tertiary/aromatic N) is 2. The molecule has 7 aromatic rings. The topological polar surface area (TPSA) is 94.3 Å². The van der Waals surface area contributed by atoms with Crippen LogP contribution in [0.1, 0.15) is 50.5 Å². The van der Waals surface area contributed by atoms with Crippen molar-refractivity contribution in [3.8, 4) is 67.5 Å². The van der Waals surface area contributed by atoms with E-state index in [1.807, 2.05) is 76.2 Å². The Hall–Kier alpha value is -7.32. The fourth-order valence-electron chi connectivity index (χ4n) is 7.96. The van der Waals surface area contributed by atoms with Crippen molar-refractivity contribution in [2.75, 3.05) is 26.4 Å². The minimum absolute atomic E-state index is 0.589. The van der Waals surface area contributed by atoms with Gasteiger partial charge in [-0.15, -0.1) is 0 Å². The number of benzene rings is 4. The van der Waals surface area contributed by atoms with Crippen LogP contribution >= 0.6 is 0 Å². The fourth-order valence-corrected chi connectivity index (χ4v) is 7.96. The van der Waals surface area contributed by atoms with Crippen LogP contribution in [0.2, 0.25) is 0 Å². The lowest BCUT2D eigenvalue weighted by Gasteiger charge is -2.09. The number of nitrogens with one attached hydrogen (secondary N) is 2. The van der Waals surface area contributed by atoms with Crippen LogP contribution < -0.4 is 18.9 Å². The van der Waals surface area contributed by atoms with Crippen LogP contribution in [0.15, 0.2) is 121 Å². The summed E-state index contributed by atoms with van der Waals surface area (Å²) in [7, 11) is 0. The van der Waals surface area contributed by atoms with Gasteiger partial charge in [0.25, 0.3) is 0 Å². The molecule has 5 heterocycles. The summed E-state index contributed by atoms with van der Waals surface area (Å²) in [4.78, 5) is 18.5. The molecule has 9 rings (SSSR count). The SMILES string of the molecule is CCOc1ccc(-c2c3nc(c(-c4ccc(OCC)cc4)c4ccc([nH]4)c(-c4ccc(OCC)cc4)c4ccc([nH]4)c(-c4ccc(OCC)cc4)c4nc2C=C4)C=C3)cc1. The lowest BCUT2D eigenvalue weighted by molar-refractivity contribution is 0.340. The van der Waals surface area contributed by atoms with Gasteiger partial charge in [-0.25, -0.2) is 9.97 Å². The maximum Gasteiger partial charge on any atom is 0.119 e. The van der Waals surface area contributed by atoms with Gasteiger partial charge in [0.05, 0.1) is 49.2 Å². The van der Waals surface area contributed by atoms with Gasteiger partial charge in [-0.2, -0.15) is 0 Å². The zero-order valence-electron chi connectivity index (χ0n) is 34.2. The van der Waals surface area contributed by atoms with Crippen molar-refractivity contribution < 1.29 is 18.9 Å². The van der Waals surface area contributed by atoms with Gasteiger partial charge in [0.15, 0.2) is 0 Å². The molecule has 0 radical (unpaired) electrons. The molecule has 8 heteroatoms. The molecular weight excluding hydrogens is 745 g/mol. The zero-order valence-corrected chi connectivity index (χ0v) is 34.2. The van der Waals surface area contributed by atoms with Gasteiger partial charge in [0.1, 0.15) is 23.0 Å². The van der Waals surface area contributed by atoms with Crippen molar-refractivity contribution in [2.45, 2.75) is 27.7 Å². The Kier molecular flexibility index (Phi) is 10.7. The zero-order chi connectivity index (χ0) is 41.0. The van der Waals surface area contributed by atoms with E-state index in [2.05, 4.69) is 107 Å². The van der Waals surface area contributed by atoms with Gasteiger partial charge in [-0.1, -0.05) is 48.5 Å². The van der Waals surface area contributed by atoms with E-state index >= 15 is 0 Å². The molecule has 0 aliphatic carbocycles. The summed E-state index contributed by atoms with van der Waals surface area (Å²) in [5, 5.41) is 0. The number of fused-ring (bicyclic) bond motifs is 8. The normalized spacial score (nSPS) is 11.8. The van der Waals surface area contributed by atoms with Crippen LogP contribution in [0.25, 0.3) is 90.9 Å². The number of hydrogen-bond acceptors (Lipinski definition) is 6. The minimum atomic E-state index is 0.589. The molecule has 2 aliphatic rings. The molecule has 298 valence electrons. The van der Waals surface area contributed by atoms with Crippen molar-refractivity contribution in [1.82, 2.24) is 19.9 Å².